The van der Waals surface area contributed by atoms with Crippen LogP contribution in [-0.4, -0.2) is 56.7 Å². The first-order valence-corrected chi connectivity index (χ1v) is 10.3. The third-order valence-electron chi connectivity index (χ3n) is 4.89. The molecule has 0 aromatic carbocycles. The molecule has 10 heteroatoms. The van der Waals surface area contributed by atoms with Gasteiger partial charge in [-0.1, -0.05) is 0 Å². The number of nitrogens with zero attached hydrogens (tertiary/aromatic N) is 4. The van der Waals surface area contributed by atoms with Crippen molar-refractivity contribution in [2.75, 3.05) is 25.0 Å². The highest BCUT2D eigenvalue weighted by molar-refractivity contribution is 5.91. The average molecular weight is 432 g/mol. The van der Waals surface area contributed by atoms with Crippen LogP contribution >= 0.6 is 0 Å². The standard InChI is InChI=1S/C21H26F2N6O2/c1-4-29(5-2)21(30)31-8-6-7-13(3)27-20-17(23)12-26-19(28-20)16-11-25-18-15(16)9-14(22)10-24-18/h9-13H,4-8H2,1-3H3,(H,24,25)(H,26,27,28)/t13-/m1/s1. The lowest BCUT2D eigenvalue weighted by atomic mass is 10.2. The number of hydrogen-bond acceptors (Lipinski definition) is 6. The molecule has 0 aliphatic carbocycles. The predicted molar refractivity (Wildman–Crippen MR) is 114 cm³/mol. The van der Waals surface area contributed by atoms with E-state index in [9.17, 15) is 13.6 Å². The number of carbonyl (C=O) groups is 1. The minimum atomic E-state index is -0.590. The molecule has 31 heavy (non-hydrogen) atoms. The second kappa shape index (κ2) is 10.1. The van der Waals surface area contributed by atoms with E-state index in [1.165, 1.54) is 6.07 Å². The number of H-pyrrole nitrogens is 1. The minimum Gasteiger partial charge on any atom is -0.449 e. The van der Waals surface area contributed by atoms with Gasteiger partial charge in [0.15, 0.2) is 17.5 Å². The van der Waals surface area contributed by atoms with Crippen molar-refractivity contribution < 1.29 is 18.3 Å². The molecule has 0 aliphatic heterocycles. The Kier molecular flexibility index (Phi) is 7.32. The maximum Gasteiger partial charge on any atom is 0.409 e. The quantitative estimate of drug-likeness (QED) is 0.488. The molecule has 3 rings (SSSR count). The molecule has 2 N–H and O–H groups in total. The summed E-state index contributed by atoms with van der Waals surface area (Å²) in [5.74, 6) is -0.768. The normalized spacial score (nSPS) is 12.0. The van der Waals surface area contributed by atoms with Crippen molar-refractivity contribution in [3.05, 3.63) is 36.3 Å². The number of aromatic amines is 1. The number of nitrogens with one attached hydrogen (secondary N) is 2. The molecular weight excluding hydrogens is 406 g/mol. The molecule has 0 unspecified atom stereocenters. The van der Waals surface area contributed by atoms with Crippen molar-refractivity contribution in [2.24, 2.45) is 0 Å². The number of ether oxygens (including phenoxy) is 1. The van der Waals surface area contributed by atoms with E-state index >= 15 is 0 Å². The van der Waals surface area contributed by atoms with Crippen molar-refractivity contribution in [1.29, 1.82) is 0 Å². The Balaban J connectivity index is 1.61. The van der Waals surface area contributed by atoms with E-state index < -0.39 is 11.6 Å². The molecular formula is C21H26F2N6O2. The van der Waals surface area contributed by atoms with E-state index in [4.69, 9.17) is 4.74 Å². The lowest BCUT2D eigenvalue weighted by Crippen LogP contribution is -2.31. The van der Waals surface area contributed by atoms with Crippen LogP contribution < -0.4 is 5.32 Å². The van der Waals surface area contributed by atoms with E-state index in [1.54, 1.807) is 11.1 Å². The zero-order chi connectivity index (χ0) is 22.4. The molecule has 0 saturated heterocycles. The maximum absolute atomic E-state index is 14.3. The molecule has 0 bridgehead atoms. The van der Waals surface area contributed by atoms with Gasteiger partial charge in [-0.25, -0.2) is 28.5 Å². The first kappa shape index (κ1) is 22.4. The van der Waals surface area contributed by atoms with Gasteiger partial charge in [-0.3, -0.25) is 0 Å². The van der Waals surface area contributed by atoms with Gasteiger partial charge in [0.2, 0.25) is 0 Å². The summed E-state index contributed by atoms with van der Waals surface area (Å²) >= 11 is 0. The van der Waals surface area contributed by atoms with Crippen LogP contribution in [0.2, 0.25) is 0 Å². The smallest absolute Gasteiger partial charge is 0.409 e. The maximum atomic E-state index is 14.3. The number of aromatic nitrogens is 4. The van der Waals surface area contributed by atoms with Gasteiger partial charge < -0.3 is 19.9 Å². The Morgan fingerprint density at radius 1 is 1.26 bits per heavy atom. The second-order valence-electron chi connectivity index (χ2n) is 7.12. The molecule has 0 fully saturated rings. The average Bonchev–Trinajstić information content (AvgIpc) is 3.16. The lowest BCUT2D eigenvalue weighted by molar-refractivity contribution is 0.104. The third-order valence-corrected chi connectivity index (χ3v) is 4.89. The van der Waals surface area contributed by atoms with Gasteiger partial charge in [-0.05, 0) is 39.7 Å². The molecule has 166 valence electrons. The fraction of sp³-hybridized carbons (Fsp3) is 0.429. The van der Waals surface area contributed by atoms with Crippen molar-refractivity contribution in [3.63, 3.8) is 0 Å². The van der Waals surface area contributed by atoms with Crippen LogP contribution in [0.25, 0.3) is 22.4 Å². The first-order valence-electron chi connectivity index (χ1n) is 10.3. The Labute approximate surface area is 179 Å². The Morgan fingerprint density at radius 2 is 2.03 bits per heavy atom. The van der Waals surface area contributed by atoms with Crippen LogP contribution in [0.15, 0.2) is 24.7 Å². The van der Waals surface area contributed by atoms with Gasteiger partial charge in [0.05, 0.1) is 19.0 Å². The van der Waals surface area contributed by atoms with Crippen LogP contribution in [0.3, 0.4) is 0 Å². The van der Waals surface area contributed by atoms with Crippen LogP contribution in [0.4, 0.5) is 19.4 Å². The number of hydrogen-bond donors (Lipinski definition) is 2. The van der Waals surface area contributed by atoms with Gasteiger partial charge in [0.25, 0.3) is 0 Å². The molecule has 0 aliphatic rings. The van der Waals surface area contributed by atoms with Crippen LogP contribution in [-0.2, 0) is 4.74 Å². The van der Waals surface area contributed by atoms with Gasteiger partial charge >= 0.3 is 6.09 Å². The number of halogens is 2. The van der Waals surface area contributed by atoms with Crippen molar-refractivity contribution >= 4 is 22.9 Å². The van der Waals surface area contributed by atoms with Crippen LogP contribution in [0, 0.1) is 11.6 Å². The number of fused-ring (bicyclic) bond motifs is 1. The SMILES string of the molecule is CCN(CC)C(=O)OCCC[C@@H](C)Nc1nc(-c2c[nH]c3ncc(F)cc23)ncc1F. The molecule has 8 nitrogen and oxygen atoms in total. The van der Waals surface area contributed by atoms with E-state index in [0.717, 1.165) is 12.4 Å². The molecule has 1 atom stereocenters. The number of pyridine rings is 1. The van der Waals surface area contributed by atoms with Gasteiger partial charge in [-0.15, -0.1) is 0 Å². The summed E-state index contributed by atoms with van der Waals surface area (Å²) in [5.41, 5.74) is 1.02. The highest BCUT2D eigenvalue weighted by Gasteiger charge is 2.15. The summed E-state index contributed by atoms with van der Waals surface area (Å²) in [7, 11) is 0. The molecule has 0 spiro atoms. The summed E-state index contributed by atoms with van der Waals surface area (Å²) in [5, 5.41) is 3.54. The zero-order valence-corrected chi connectivity index (χ0v) is 17.8. The molecule has 3 aromatic heterocycles. The van der Waals surface area contributed by atoms with E-state index in [0.29, 0.717) is 42.5 Å². The van der Waals surface area contributed by atoms with E-state index in [1.807, 2.05) is 20.8 Å². The summed E-state index contributed by atoms with van der Waals surface area (Å²) in [6.07, 6.45) is 4.74. The number of amides is 1. The Bertz CT molecular complexity index is 1040. The topological polar surface area (TPSA) is 96.0 Å². The summed E-state index contributed by atoms with van der Waals surface area (Å²) in [6.45, 7) is 7.16. The molecule has 1 amide bonds. The molecule has 3 heterocycles. The fourth-order valence-corrected chi connectivity index (χ4v) is 3.19. The van der Waals surface area contributed by atoms with Crippen molar-refractivity contribution in [1.82, 2.24) is 24.8 Å². The first-order chi connectivity index (χ1) is 14.9. The van der Waals surface area contributed by atoms with Gasteiger partial charge in [0.1, 0.15) is 11.5 Å². The fourth-order valence-electron chi connectivity index (χ4n) is 3.19. The number of carbonyl (C=O) groups excluding carboxylic acids is 1. The predicted octanol–water partition coefficient (Wildman–Crippen LogP) is 4.36. The lowest BCUT2D eigenvalue weighted by Gasteiger charge is -2.19. The zero-order valence-electron chi connectivity index (χ0n) is 17.8. The van der Waals surface area contributed by atoms with Crippen molar-refractivity contribution in [3.8, 4) is 11.4 Å². The third kappa shape index (κ3) is 5.44. The highest BCUT2D eigenvalue weighted by Crippen LogP contribution is 2.27. The minimum absolute atomic E-state index is 0.0522. The monoisotopic (exact) mass is 432 g/mol. The summed E-state index contributed by atoms with van der Waals surface area (Å²) in [6, 6.07) is 1.21. The van der Waals surface area contributed by atoms with Crippen molar-refractivity contribution in [2.45, 2.75) is 39.7 Å². The van der Waals surface area contributed by atoms with Gasteiger partial charge in [0, 0.05) is 36.3 Å². The Morgan fingerprint density at radius 3 is 2.77 bits per heavy atom. The van der Waals surface area contributed by atoms with Crippen LogP contribution in [0.1, 0.15) is 33.6 Å². The summed E-state index contributed by atoms with van der Waals surface area (Å²) in [4.78, 5) is 28.7. The highest BCUT2D eigenvalue weighted by atomic mass is 19.1. The van der Waals surface area contributed by atoms with E-state index in [-0.39, 0.29) is 30.4 Å². The number of rotatable bonds is 9. The second-order valence-corrected chi connectivity index (χ2v) is 7.12. The molecule has 3 aromatic rings. The van der Waals surface area contributed by atoms with Crippen LogP contribution in [0.5, 0.6) is 0 Å². The summed E-state index contributed by atoms with van der Waals surface area (Å²) < 4.78 is 33.1. The molecule has 0 radical (unpaired) electrons. The number of anilines is 1. The largest absolute Gasteiger partial charge is 0.449 e. The molecule has 0 saturated carbocycles. The van der Waals surface area contributed by atoms with E-state index in [2.05, 4.69) is 25.3 Å². The Hall–Kier alpha value is -3.30. The van der Waals surface area contributed by atoms with Gasteiger partial charge in [-0.2, -0.15) is 0 Å².